The van der Waals surface area contributed by atoms with Crippen LogP contribution in [0.3, 0.4) is 0 Å². The molecule has 0 spiro atoms. The van der Waals surface area contributed by atoms with Gasteiger partial charge >= 0.3 is 5.82 Å². The maximum Gasteiger partial charge on any atom is 0.407 e. The second-order valence-corrected chi connectivity index (χ2v) is 2.91. The maximum atomic E-state index is 10.4. The van der Waals surface area contributed by atoms with E-state index in [-0.39, 0.29) is 11.7 Å². The van der Waals surface area contributed by atoms with Crippen molar-refractivity contribution in [3.63, 3.8) is 0 Å². The first-order chi connectivity index (χ1) is 6.70. The Kier molecular flexibility index (Phi) is 1.90. The molecule has 1 saturated heterocycles. The minimum absolute atomic E-state index is 0.0179. The molecular formula is C7H6N4O3. The van der Waals surface area contributed by atoms with E-state index in [1.54, 1.807) is 6.07 Å². The molecule has 0 saturated carbocycles. The van der Waals surface area contributed by atoms with Crippen LogP contribution in [-0.4, -0.2) is 27.4 Å². The Labute approximate surface area is 78.7 Å². The van der Waals surface area contributed by atoms with Crippen LogP contribution in [0, 0.1) is 21.4 Å². The number of nitriles is 1. The Hall–Kier alpha value is -1.94. The van der Waals surface area contributed by atoms with Crippen molar-refractivity contribution < 1.29 is 9.66 Å². The van der Waals surface area contributed by atoms with E-state index in [4.69, 9.17) is 10.00 Å². The summed E-state index contributed by atoms with van der Waals surface area (Å²) in [4.78, 5) is 9.78. The minimum Gasteiger partial charge on any atom is -0.371 e. The highest BCUT2D eigenvalue weighted by molar-refractivity contribution is 5.40. The third-order valence-electron chi connectivity index (χ3n) is 1.83. The number of nitrogens with zero attached hydrogens (tertiary/aromatic N) is 4. The lowest BCUT2D eigenvalue weighted by Crippen LogP contribution is -2.04. The first kappa shape index (κ1) is 8.65. The van der Waals surface area contributed by atoms with Crippen LogP contribution in [0.15, 0.2) is 6.20 Å². The molecule has 0 aliphatic carbocycles. The van der Waals surface area contributed by atoms with Crippen LogP contribution >= 0.6 is 0 Å². The molecule has 1 fully saturated rings. The molecule has 7 nitrogen and oxygen atoms in total. The Morgan fingerprint density at radius 1 is 1.93 bits per heavy atom. The fraction of sp³-hybridized carbons (Fsp3) is 0.429. The van der Waals surface area contributed by atoms with Gasteiger partial charge in [-0.1, -0.05) is 0 Å². The van der Waals surface area contributed by atoms with Crippen LogP contribution in [0.5, 0.6) is 0 Å². The zero-order valence-electron chi connectivity index (χ0n) is 7.08. The van der Waals surface area contributed by atoms with Crippen molar-refractivity contribution in [3.05, 3.63) is 21.9 Å². The van der Waals surface area contributed by atoms with Crippen LogP contribution in [0.2, 0.25) is 0 Å². The molecule has 2 heterocycles. The van der Waals surface area contributed by atoms with Crippen LogP contribution in [0.4, 0.5) is 5.82 Å². The maximum absolute atomic E-state index is 10.4. The van der Waals surface area contributed by atoms with Crippen LogP contribution in [0.25, 0.3) is 0 Å². The first-order valence-corrected chi connectivity index (χ1v) is 3.94. The molecule has 1 atom stereocenters. The van der Waals surface area contributed by atoms with Crippen molar-refractivity contribution in [3.8, 4) is 6.07 Å². The number of hydrogen-bond donors (Lipinski definition) is 0. The third-order valence-corrected chi connectivity index (χ3v) is 1.83. The minimum atomic E-state index is -0.664. The van der Waals surface area contributed by atoms with Crippen molar-refractivity contribution in [2.45, 2.75) is 12.6 Å². The molecule has 72 valence electrons. The van der Waals surface area contributed by atoms with E-state index < -0.39 is 10.7 Å². The molecule has 0 aromatic carbocycles. The third kappa shape index (κ3) is 1.55. The van der Waals surface area contributed by atoms with Gasteiger partial charge in [-0.25, -0.2) is 0 Å². The Balaban J connectivity index is 2.26. The van der Waals surface area contributed by atoms with Gasteiger partial charge in [0.2, 0.25) is 0 Å². The van der Waals surface area contributed by atoms with Crippen molar-refractivity contribution in [1.29, 1.82) is 5.26 Å². The Morgan fingerprint density at radius 3 is 3.07 bits per heavy atom. The second kappa shape index (κ2) is 3.08. The molecule has 1 aromatic rings. The summed E-state index contributed by atoms with van der Waals surface area (Å²) in [7, 11) is 0. The van der Waals surface area contributed by atoms with Crippen molar-refractivity contribution in [2.75, 3.05) is 6.61 Å². The summed E-state index contributed by atoms with van der Waals surface area (Å²) in [6, 6.07) is 1.73. The summed E-state index contributed by atoms with van der Waals surface area (Å²) in [5, 5.41) is 22.7. The number of ether oxygens (including phenoxy) is 1. The van der Waals surface area contributed by atoms with Crippen molar-refractivity contribution in [1.82, 2.24) is 9.78 Å². The van der Waals surface area contributed by atoms with E-state index in [9.17, 15) is 10.1 Å². The number of hydrogen-bond acceptors (Lipinski definition) is 5. The molecule has 1 aliphatic rings. The van der Waals surface area contributed by atoms with Crippen molar-refractivity contribution in [2.24, 2.45) is 0 Å². The van der Waals surface area contributed by atoms with Gasteiger partial charge in [0.25, 0.3) is 0 Å². The lowest BCUT2D eigenvalue weighted by molar-refractivity contribution is -0.390. The van der Waals surface area contributed by atoms with E-state index in [1.165, 1.54) is 10.9 Å². The summed E-state index contributed by atoms with van der Waals surface area (Å²) >= 11 is 0. The molecule has 0 amide bonds. The smallest absolute Gasteiger partial charge is 0.371 e. The highest BCUT2D eigenvalue weighted by Gasteiger charge is 2.27. The highest BCUT2D eigenvalue weighted by Crippen LogP contribution is 2.17. The SMILES string of the molecule is N#Cc1cn(CC2CO2)nc1[N+](=O)[O-]. The summed E-state index contributed by atoms with van der Waals surface area (Å²) < 4.78 is 6.31. The van der Waals surface area contributed by atoms with E-state index in [0.717, 1.165) is 0 Å². The van der Waals surface area contributed by atoms with Crippen LogP contribution in [0.1, 0.15) is 5.56 Å². The second-order valence-electron chi connectivity index (χ2n) is 2.91. The van der Waals surface area contributed by atoms with Gasteiger partial charge in [-0.05, 0) is 4.92 Å². The monoisotopic (exact) mass is 194 g/mol. The molecule has 0 N–H and O–H groups in total. The lowest BCUT2D eigenvalue weighted by atomic mass is 10.4. The predicted octanol–water partition coefficient (Wildman–Crippen LogP) is 0.0618. The summed E-state index contributed by atoms with van der Waals surface area (Å²) in [6.45, 7) is 1.11. The predicted molar refractivity (Wildman–Crippen MR) is 43.3 cm³/mol. The zero-order chi connectivity index (χ0) is 10.1. The number of nitro groups is 1. The average molecular weight is 194 g/mol. The number of aromatic nitrogens is 2. The fourth-order valence-electron chi connectivity index (χ4n) is 1.10. The van der Waals surface area contributed by atoms with E-state index in [0.29, 0.717) is 13.2 Å². The largest absolute Gasteiger partial charge is 0.407 e. The highest BCUT2D eigenvalue weighted by atomic mass is 16.6. The molecule has 14 heavy (non-hydrogen) atoms. The van der Waals surface area contributed by atoms with E-state index in [2.05, 4.69) is 5.10 Å². The Morgan fingerprint density at radius 2 is 2.64 bits per heavy atom. The Bertz CT molecular complexity index is 415. The van der Waals surface area contributed by atoms with Crippen molar-refractivity contribution >= 4 is 5.82 Å². The summed E-state index contributed by atoms with van der Waals surface area (Å²) in [6.07, 6.45) is 1.45. The topological polar surface area (TPSA) is 97.3 Å². The van der Waals surface area contributed by atoms with Gasteiger partial charge in [0.1, 0.15) is 12.2 Å². The van der Waals surface area contributed by atoms with E-state index >= 15 is 0 Å². The molecule has 1 aliphatic heterocycles. The van der Waals surface area contributed by atoms with Crippen LogP contribution in [-0.2, 0) is 11.3 Å². The molecule has 0 radical (unpaired) electrons. The molecular weight excluding hydrogens is 188 g/mol. The van der Waals surface area contributed by atoms with Gasteiger partial charge in [0, 0.05) is 0 Å². The van der Waals surface area contributed by atoms with Gasteiger partial charge in [-0.2, -0.15) is 9.94 Å². The van der Waals surface area contributed by atoms with Gasteiger partial charge in [0.15, 0.2) is 5.56 Å². The average Bonchev–Trinajstić information content (AvgIpc) is 2.83. The van der Waals surface area contributed by atoms with Gasteiger partial charge in [0.05, 0.1) is 24.4 Å². The quantitative estimate of drug-likeness (QED) is 0.385. The molecule has 0 bridgehead atoms. The summed E-state index contributed by atoms with van der Waals surface area (Å²) in [5.41, 5.74) is -0.0179. The van der Waals surface area contributed by atoms with Crippen LogP contribution < -0.4 is 0 Å². The van der Waals surface area contributed by atoms with Gasteiger partial charge in [-0.3, -0.25) is 0 Å². The number of rotatable bonds is 3. The van der Waals surface area contributed by atoms with E-state index in [1.807, 2.05) is 0 Å². The fourth-order valence-corrected chi connectivity index (χ4v) is 1.10. The molecule has 7 heteroatoms. The number of epoxide rings is 1. The summed E-state index contributed by atoms with van der Waals surface area (Å²) in [5.74, 6) is -0.395. The lowest BCUT2D eigenvalue weighted by Gasteiger charge is -1.88. The van der Waals surface area contributed by atoms with Gasteiger partial charge < -0.3 is 14.9 Å². The standard InChI is InChI=1S/C7H6N4O3/c8-1-5-2-10(3-6-4-14-6)9-7(5)11(12)13/h2,6H,3-4H2. The first-order valence-electron chi connectivity index (χ1n) is 3.94. The van der Waals surface area contributed by atoms with Gasteiger partial charge in [-0.15, -0.1) is 0 Å². The molecule has 1 aromatic heterocycles. The molecule has 1 unspecified atom stereocenters. The normalized spacial score (nSPS) is 18.9. The zero-order valence-corrected chi connectivity index (χ0v) is 7.08. The molecule has 2 rings (SSSR count).